The lowest BCUT2D eigenvalue weighted by atomic mass is 9.84. The molecule has 0 aliphatic heterocycles. The van der Waals surface area contributed by atoms with Crippen LogP contribution >= 0.6 is 34.8 Å². The van der Waals surface area contributed by atoms with Crippen molar-refractivity contribution in [2.45, 2.75) is 47.8 Å². The summed E-state index contributed by atoms with van der Waals surface area (Å²) >= 11 is 17.4. The molecule has 106 valence electrons. The molecule has 1 aliphatic carbocycles. The van der Waals surface area contributed by atoms with E-state index in [0.717, 1.165) is 5.56 Å². The summed E-state index contributed by atoms with van der Waals surface area (Å²) in [6.07, 6.45) is 2.42. The summed E-state index contributed by atoms with van der Waals surface area (Å²) in [7, 11) is 0. The highest BCUT2D eigenvalue weighted by Gasteiger charge is 2.48. The Hall–Kier alpha value is 0.01000. The predicted octanol–water partition coefficient (Wildman–Crippen LogP) is 4.25. The molecule has 0 atom stereocenters. The first-order valence-corrected chi connectivity index (χ1v) is 7.49. The molecule has 1 N–H and O–H groups in total. The summed E-state index contributed by atoms with van der Waals surface area (Å²) in [4.78, 5) is 0. The first-order chi connectivity index (χ1) is 8.91. The van der Waals surface area contributed by atoms with Crippen molar-refractivity contribution in [2.24, 2.45) is 0 Å². The number of ether oxygens (including phenoxy) is 1. The molecule has 1 saturated carbocycles. The summed E-state index contributed by atoms with van der Waals surface area (Å²) < 4.78 is 4.21. The third-order valence-corrected chi connectivity index (χ3v) is 4.67. The Morgan fingerprint density at radius 1 is 1.16 bits per heavy atom. The van der Waals surface area contributed by atoms with Crippen molar-refractivity contribution < 1.29 is 9.84 Å². The van der Waals surface area contributed by atoms with E-state index in [1.165, 1.54) is 0 Å². The van der Waals surface area contributed by atoms with Crippen LogP contribution in [0.1, 0.15) is 31.2 Å². The number of halogens is 3. The van der Waals surface area contributed by atoms with Gasteiger partial charge in [-0.3, -0.25) is 0 Å². The molecule has 0 amide bonds. The minimum atomic E-state index is -1.63. The number of alkyl halides is 3. The average molecular weight is 324 g/mol. The van der Waals surface area contributed by atoms with Gasteiger partial charge in [0.1, 0.15) is 5.60 Å². The highest BCUT2D eigenvalue weighted by atomic mass is 35.6. The molecule has 1 fully saturated rings. The van der Waals surface area contributed by atoms with Gasteiger partial charge in [0.2, 0.25) is 3.79 Å². The van der Waals surface area contributed by atoms with Crippen LogP contribution in [-0.2, 0) is 11.3 Å². The molecule has 0 heterocycles. The van der Waals surface area contributed by atoms with Crippen LogP contribution in [0.25, 0.3) is 0 Å². The molecule has 2 rings (SSSR count). The zero-order chi connectivity index (χ0) is 13.9. The zero-order valence-electron chi connectivity index (χ0n) is 10.5. The van der Waals surface area contributed by atoms with Crippen LogP contribution in [0.2, 0.25) is 0 Å². The van der Waals surface area contributed by atoms with Gasteiger partial charge < -0.3 is 9.84 Å². The van der Waals surface area contributed by atoms with Crippen molar-refractivity contribution in [2.75, 3.05) is 0 Å². The standard InChI is InChI=1S/C14H17Cl3O2/c15-14(16,17)13(18)8-6-12(7-9-13)19-10-11-4-2-1-3-5-11/h1-5,12,18H,6-10H2. The molecule has 19 heavy (non-hydrogen) atoms. The van der Waals surface area contributed by atoms with E-state index in [1.807, 2.05) is 30.3 Å². The molecule has 5 heteroatoms. The molecule has 0 aromatic heterocycles. The maximum atomic E-state index is 10.3. The van der Waals surface area contributed by atoms with Gasteiger partial charge >= 0.3 is 0 Å². The number of aliphatic hydroxyl groups is 1. The Morgan fingerprint density at radius 3 is 2.26 bits per heavy atom. The molecule has 0 bridgehead atoms. The molecular weight excluding hydrogens is 307 g/mol. The van der Waals surface area contributed by atoms with Crippen molar-refractivity contribution in [3.05, 3.63) is 35.9 Å². The van der Waals surface area contributed by atoms with Gasteiger partial charge in [0.05, 0.1) is 12.7 Å². The van der Waals surface area contributed by atoms with Gasteiger partial charge in [0.25, 0.3) is 0 Å². The first kappa shape index (κ1) is 15.4. The fourth-order valence-electron chi connectivity index (χ4n) is 2.31. The van der Waals surface area contributed by atoms with Gasteiger partial charge in [-0.1, -0.05) is 65.1 Å². The molecule has 1 aromatic rings. The fourth-order valence-corrected chi connectivity index (χ4v) is 2.87. The minimum absolute atomic E-state index is 0.118. The normalized spacial score (nSPS) is 28.3. The van der Waals surface area contributed by atoms with E-state index in [1.54, 1.807) is 0 Å². The Morgan fingerprint density at radius 2 is 1.74 bits per heavy atom. The third kappa shape index (κ3) is 3.99. The highest BCUT2D eigenvalue weighted by Crippen LogP contribution is 2.46. The maximum Gasteiger partial charge on any atom is 0.218 e. The lowest BCUT2D eigenvalue weighted by Crippen LogP contribution is -2.47. The molecule has 0 unspecified atom stereocenters. The van der Waals surface area contributed by atoms with Crippen LogP contribution in [0.5, 0.6) is 0 Å². The van der Waals surface area contributed by atoms with E-state index in [0.29, 0.717) is 32.3 Å². The second-order valence-corrected chi connectivity index (χ2v) is 7.31. The fraction of sp³-hybridized carbons (Fsp3) is 0.571. The van der Waals surface area contributed by atoms with Gasteiger partial charge in [-0.25, -0.2) is 0 Å². The molecule has 1 aliphatic rings. The highest BCUT2D eigenvalue weighted by molar-refractivity contribution is 6.68. The molecule has 0 radical (unpaired) electrons. The topological polar surface area (TPSA) is 29.5 Å². The van der Waals surface area contributed by atoms with Gasteiger partial charge in [-0.15, -0.1) is 0 Å². The van der Waals surface area contributed by atoms with Crippen molar-refractivity contribution in [1.29, 1.82) is 0 Å². The summed E-state index contributed by atoms with van der Waals surface area (Å²) in [5, 5.41) is 10.3. The molecule has 0 saturated heterocycles. The molecule has 0 spiro atoms. The molecular formula is C14H17Cl3O2. The summed E-state index contributed by atoms with van der Waals surface area (Å²) in [6.45, 7) is 0.581. The van der Waals surface area contributed by atoms with Crippen molar-refractivity contribution >= 4 is 34.8 Å². The number of benzene rings is 1. The van der Waals surface area contributed by atoms with E-state index in [4.69, 9.17) is 39.5 Å². The lowest BCUT2D eigenvalue weighted by molar-refractivity contribution is -0.0582. The van der Waals surface area contributed by atoms with Crippen molar-refractivity contribution in [1.82, 2.24) is 0 Å². The Kier molecular flexibility index (Phi) is 5.02. The largest absolute Gasteiger partial charge is 0.385 e. The molecule has 2 nitrogen and oxygen atoms in total. The second kappa shape index (κ2) is 6.19. The van der Waals surface area contributed by atoms with Crippen LogP contribution in [0.3, 0.4) is 0 Å². The maximum absolute atomic E-state index is 10.3. The van der Waals surface area contributed by atoms with E-state index in [9.17, 15) is 5.11 Å². The SMILES string of the molecule is OC1(C(Cl)(Cl)Cl)CCC(OCc2ccccc2)CC1. The van der Waals surface area contributed by atoms with Crippen molar-refractivity contribution in [3.8, 4) is 0 Å². The van der Waals surface area contributed by atoms with Gasteiger partial charge in [0, 0.05) is 0 Å². The average Bonchev–Trinajstić information content (AvgIpc) is 2.38. The van der Waals surface area contributed by atoms with Gasteiger partial charge in [-0.2, -0.15) is 0 Å². The van der Waals surface area contributed by atoms with Crippen LogP contribution in [-0.4, -0.2) is 20.6 Å². The van der Waals surface area contributed by atoms with Crippen LogP contribution < -0.4 is 0 Å². The smallest absolute Gasteiger partial charge is 0.218 e. The second-order valence-electron chi connectivity index (χ2n) is 5.03. The van der Waals surface area contributed by atoms with E-state index >= 15 is 0 Å². The molecule has 1 aromatic carbocycles. The summed E-state index contributed by atoms with van der Waals surface area (Å²) in [5.41, 5.74) is -0.0886. The summed E-state index contributed by atoms with van der Waals surface area (Å²) in [5.74, 6) is 0. The van der Waals surface area contributed by atoms with Crippen LogP contribution in [0, 0.1) is 0 Å². The van der Waals surface area contributed by atoms with Gasteiger partial charge in [0.15, 0.2) is 0 Å². The van der Waals surface area contributed by atoms with Gasteiger partial charge in [-0.05, 0) is 31.2 Å². The lowest BCUT2D eigenvalue weighted by Gasteiger charge is -2.40. The van der Waals surface area contributed by atoms with Crippen LogP contribution in [0.4, 0.5) is 0 Å². The first-order valence-electron chi connectivity index (χ1n) is 6.35. The van der Waals surface area contributed by atoms with Crippen molar-refractivity contribution in [3.63, 3.8) is 0 Å². The number of hydrogen-bond acceptors (Lipinski definition) is 2. The third-order valence-electron chi connectivity index (χ3n) is 3.62. The monoisotopic (exact) mass is 322 g/mol. The zero-order valence-corrected chi connectivity index (χ0v) is 12.8. The number of hydrogen-bond donors (Lipinski definition) is 1. The van der Waals surface area contributed by atoms with E-state index in [2.05, 4.69) is 0 Å². The Labute approximate surface area is 128 Å². The Balaban J connectivity index is 1.81. The van der Waals surface area contributed by atoms with E-state index < -0.39 is 9.39 Å². The van der Waals surface area contributed by atoms with E-state index in [-0.39, 0.29) is 6.10 Å². The number of rotatable bonds is 3. The Bertz CT molecular complexity index is 395. The summed E-state index contributed by atoms with van der Waals surface area (Å²) in [6, 6.07) is 10.0. The quantitative estimate of drug-likeness (QED) is 0.843. The van der Waals surface area contributed by atoms with Crippen LogP contribution in [0.15, 0.2) is 30.3 Å². The minimum Gasteiger partial charge on any atom is -0.385 e. The predicted molar refractivity (Wildman–Crippen MR) is 78.7 cm³/mol.